The van der Waals surface area contributed by atoms with Gasteiger partial charge in [0.2, 0.25) is 0 Å². The van der Waals surface area contributed by atoms with Crippen LogP contribution in [0.2, 0.25) is 5.02 Å². The minimum atomic E-state index is -0.634. The second kappa shape index (κ2) is 11.4. The standard InChI is InChI=1S/C21H19ClIN3O5/c1-3-30-18-8-12(7-15(23)20(18)31-11-19(25)27)6-13(10-24)21(28)26-16-9-14(22)4-5-17(16)29-2/h4-9H,3,11H2,1-2H3,(H2,25,27)(H,26,28)/b13-6+. The summed E-state index contributed by atoms with van der Waals surface area (Å²) in [7, 11) is 1.46. The molecule has 0 aliphatic heterocycles. The number of nitrogens with one attached hydrogen (secondary N) is 1. The molecule has 31 heavy (non-hydrogen) atoms. The van der Waals surface area contributed by atoms with Gasteiger partial charge in [-0.15, -0.1) is 0 Å². The molecule has 3 N–H and O–H groups in total. The SMILES string of the molecule is CCOc1cc(/C=C(\C#N)C(=O)Nc2cc(Cl)ccc2OC)cc(I)c1OCC(N)=O. The zero-order chi connectivity index (χ0) is 23.0. The first-order chi connectivity index (χ1) is 14.8. The lowest BCUT2D eigenvalue weighted by Gasteiger charge is -2.14. The molecule has 2 rings (SSSR count). The molecule has 162 valence electrons. The van der Waals surface area contributed by atoms with Crippen molar-refractivity contribution in [2.45, 2.75) is 6.92 Å². The van der Waals surface area contributed by atoms with Crippen molar-refractivity contribution in [3.05, 3.63) is 50.1 Å². The molecule has 0 aromatic heterocycles. The summed E-state index contributed by atoms with van der Waals surface area (Å²) in [5.74, 6) is -0.146. The van der Waals surface area contributed by atoms with Crippen LogP contribution in [0.4, 0.5) is 5.69 Å². The van der Waals surface area contributed by atoms with Gasteiger partial charge in [-0.2, -0.15) is 5.26 Å². The van der Waals surface area contributed by atoms with E-state index in [1.807, 2.05) is 28.7 Å². The molecule has 0 atom stereocenters. The van der Waals surface area contributed by atoms with E-state index >= 15 is 0 Å². The molecule has 0 unspecified atom stereocenters. The Balaban J connectivity index is 2.37. The summed E-state index contributed by atoms with van der Waals surface area (Å²) in [5.41, 5.74) is 5.86. The van der Waals surface area contributed by atoms with Crippen LogP contribution in [0.1, 0.15) is 12.5 Å². The van der Waals surface area contributed by atoms with E-state index in [9.17, 15) is 14.9 Å². The number of carbonyl (C=O) groups excluding carboxylic acids is 2. The minimum absolute atomic E-state index is 0.147. The predicted octanol–water partition coefficient (Wildman–Crippen LogP) is 3.76. The maximum atomic E-state index is 12.7. The summed E-state index contributed by atoms with van der Waals surface area (Å²) in [4.78, 5) is 23.7. The van der Waals surface area contributed by atoms with Gasteiger partial charge in [-0.25, -0.2) is 0 Å². The summed E-state index contributed by atoms with van der Waals surface area (Å²) >= 11 is 7.99. The first-order valence-corrected chi connectivity index (χ1v) is 10.4. The number of methoxy groups -OCH3 is 1. The van der Waals surface area contributed by atoms with E-state index in [2.05, 4.69) is 5.32 Å². The van der Waals surface area contributed by atoms with Crippen molar-refractivity contribution >= 4 is 57.8 Å². The summed E-state index contributed by atoms with van der Waals surface area (Å²) in [6.07, 6.45) is 1.41. The predicted molar refractivity (Wildman–Crippen MR) is 125 cm³/mol. The zero-order valence-electron chi connectivity index (χ0n) is 16.7. The van der Waals surface area contributed by atoms with Crippen LogP contribution >= 0.6 is 34.2 Å². The lowest BCUT2D eigenvalue weighted by molar-refractivity contribution is -0.120. The van der Waals surface area contributed by atoms with Gasteiger partial charge in [-0.1, -0.05) is 11.6 Å². The molecule has 0 saturated heterocycles. The smallest absolute Gasteiger partial charge is 0.266 e. The number of hydrogen-bond acceptors (Lipinski definition) is 6. The maximum absolute atomic E-state index is 12.7. The average molecular weight is 556 g/mol. The number of nitrogens with zero attached hydrogens (tertiary/aromatic N) is 1. The highest BCUT2D eigenvalue weighted by Crippen LogP contribution is 2.35. The molecule has 0 aliphatic carbocycles. The molecular formula is C21H19ClIN3O5. The highest BCUT2D eigenvalue weighted by molar-refractivity contribution is 14.1. The fourth-order valence-electron chi connectivity index (χ4n) is 2.50. The maximum Gasteiger partial charge on any atom is 0.266 e. The highest BCUT2D eigenvalue weighted by atomic mass is 127. The molecule has 0 aliphatic rings. The van der Waals surface area contributed by atoms with E-state index in [4.69, 9.17) is 31.5 Å². The van der Waals surface area contributed by atoms with Gasteiger partial charge in [0.1, 0.15) is 17.4 Å². The number of benzene rings is 2. The molecular weight excluding hydrogens is 537 g/mol. The second-order valence-corrected chi connectivity index (χ2v) is 7.59. The van der Waals surface area contributed by atoms with Crippen LogP contribution in [0, 0.1) is 14.9 Å². The molecule has 8 nitrogen and oxygen atoms in total. The van der Waals surface area contributed by atoms with Crippen LogP contribution in [0.25, 0.3) is 6.08 Å². The Kier molecular flexibility index (Phi) is 8.96. The van der Waals surface area contributed by atoms with Crippen molar-refractivity contribution in [1.82, 2.24) is 0 Å². The highest BCUT2D eigenvalue weighted by Gasteiger charge is 2.16. The van der Waals surface area contributed by atoms with Gasteiger partial charge in [0, 0.05) is 5.02 Å². The van der Waals surface area contributed by atoms with Crippen LogP contribution in [-0.2, 0) is 9.59 Å². The summed E-state index contributed by atoms with van der Waals surface area (Å²) < 4.78 is 16.8. The molecule has 10 heteroatoms. The Bertz CT molecular complexity index is 1070. The number of anilines is 1. The number of nitrogens with two attached hydrogens (primary N) is 1. The topological polar surface area (TPSA) is 124 Å². The largest absolute Gasteiger partial charge is 0.495 e. The number of nitriles is 1. The second-order valence-electron chi connectivity index (χ2n) is 5.99. The number of halogens is 2. The van der Waals surface area contributed by atoms with Crippen LogP contribution in [0.5, 0.6) is 17.2 Å². The van der Waals surface area contributed by atoms with Crippen molar-refractivity contribution in [2.75, 3.05) is 25.6 Å². The van der Waals surface area contributed by atoms with Gasteiger partial charge < -0.3 is 25.3 Å². The molecule has 2 aromatic rings. The molecule has 0 bridgehead atoms. The monoisotopic (exact) mass is 555 g/mol. The van der Waals surface area contributed by atoms with E-state index in [0.29, 0.717) is 43.7 Å². The molecule has 2 aromatic carbocycles. The zero-order valence-corrected chi connectivity index (χ0v) is 19.6. The minimum Gasteiger partial charge on any atom is -0.495 e. The van der Waals surface area contributed by atoms with Crippen LogP contribution in [-0.4, -0.2) is 32.1 Å². The van der Waals surface area contributed by atoms with Gasteiger partial charge >= 0.3 is 0 Å². The number of ether oxygens (including phenoxy) is 3. The number of primary amides is 1. The number of hydrogen-bond donors (Lipinski definition) is 2. The summed E-state index contributed by atoms with van der Waals surface area (Å²) in [5, 5.41) is 12.5. The van der Waals surface area contributed by atoms with Gasteiger partial charge in [-0.05, 0) is 71.5 Å². The Morgan fingerprint density at radius 2 is 2.00 bits per heavy atom. The van der Waals surface area contributed by atoms with Crippen molar-refractivity contribution < 1.29 is 23.8 Å². The quantitative estimate of drug-likeness (QED) is 0.276. The van der Waals surface area contributed by atoms with E-state index < -0.39 is 11.8 Å². The van der Waals surface area contributed by atoms with E-state index in [-0.39, 0.29) is 12.2 Å². The van der Waals surface area contributed by atoms with Gasteiger partial charge in [0.05, 0.1) is 23.0 Å². The van der Waals surface area contributed by atoms with E-state index in [1.165, 1.54) is 19.3 Å². The number of rotatable bonds is 9. The Morgan fingerprint density at radius 3 is 2.61 bits per heavy atom. The Hall–Kier alpha value is -2.97. The average Bonchev–Trinajstić information content (AvgIpc) is 2.71. The molecule has 0 heterocycles. The fourth-order valence-corrected chi connectivity index (χ4v) is 3.45. The molecule has 0 fully saturated rings. The van der Waals surface area contributed by atoms with E-state index in [1.54, 1.807) is 31.2 Å². The lowest BCUT2D eigenvalue weighted by Crippen LogP contribution is -2.20. The Morgan fingerprint density at radius 1 is 1.26 bits per heavy atom. The van der Waals surface area contributed by atoms with E-state index in [0.717, 1.165) is 0 Å². The first kappa shape index (κ1) is 24.3. The fraction of sp³-hybridized carbons (Fsp3) is 0.190. The summed E-state index contributed by atoms with van der Waals surface area (Å²) in [6, 6.07) is 9.93. The Labute approximate surface area is 198 Å². The van der Waals surface area contributed by atoms with Crippen molar-refractivity contribution in [2.24, 2.45) is 5.73 Å². The molecule has 0 spiro atoms. The first-order valence-electron chi connectivity index (χ1n) is 8.93. The number of carbonyl (C=O) groups is 2. The van der Waals surface area contributed by atoms with Crippen molar-refractivity contribution in [3.8, 4) is 23.3 Å². The molecule has 0 saturated carbocycles. The van der Waals surface area contributed by atoms with Gasteiger partial charge in [0.15, 0.2) is 18.1 Å². The van der Waals surface area contributed by atoms with Gasteiger partial charge in [-0.3, -0.25) is 9.59 Å². The third-order valence-corrected chi connectivity index (χ3v) is 4.81. The van der Waals surface area contributed by atoms with Crippen LogP contribution in [0.15, 0.2) is 35.9 Å². The van der Waals surface area contributed by atoms with Crippen molar-refractivity contribution in [3.63, 3.8) is 0 Å². The van der Waals surface area contributed by atoms with Gasteiger partial charge in [0.25, 0.3) is 11.8 Å². The van der Waals surface area contributed by atoms with Crippen molar-refractivity contribution in [1.29, 1.82) is 5.26 Å². The molecule has 0 radical (unpaired) electrons. The van der Waals surface area contributed by atoms with Crippen LogP contribution in [0.3, 0.4) is 0 Å². The third kappa shape index (κ3) is 6.77. The van der Waals surface area contributed by atoms with Crippen LogP contribution < -0.4 is 25.3 Å². The molecule has 2 amide bonds. The normalized spacial score (nSPS) is 10.7. The number of amides is 2. The summed E-state index contributed by atoms with van der Waals surface area (Å²) in [6.45, 7) is 1.83. The third-order valence-electron chi connectivity index (χ3n) is 3.78. The lowest BCUT2D eigenvalue weighted by atomic mass is 10.1.